The molecule has 1 unspecified atom stereocenters. The molecular formula is C30H29FN2O4. The van der Waals surface area contributed by atoms with E-state index in [9.17, 15) is 24.2 Å². The number of carboxylic acid groups (broad SMARTS) is 1. The number of nitrogens with one attached hydrogen (secondary N) is 1. The molecule has 6 nitrogen and oxygen atoms in total. The molecule has 4 rings (SSSR count). The second-order valence-electron chi connectivity index (χ2n) is 9.19. The zero-order valence-corrected chi connectivity index (χ0v) is 20.7. The summed E-state index contributed by atoms with van der Waals surface area (Å²) in [5, 5.41) is 22.9. The van der Waals surface area contributed by atoms with Gasteiger partial charge in [0.15, 0.2) is 0 Å². The van der Waals surface area contributed by atoms with Crippen molar-refractivity contribution in [3.05, 3.63) is 102 Å². The number of carbonyl (C=O) groups excluding carboxylic acids is 1. The van der Waals surface area contributed by atoms with E-state index in [1.807, 2.05) is 66.9 Å². The van der Waals surface area contributed by atoms with Crippen LogP contribution in [-0.2, 0) is 11.3 Å². The molecule has 3 N–H and O–H groups in total. The molecule has 0 fully saturated rings. The molecule has 0 saturated heterocycles. The molecule has 190 valence electrons. The van der Waals surface area contributed by atoms with Crippen LogP contribution in [0.2, 0.25) is 0 Å². The highest BCUT2D eigenvalue weighted by molar-refractivity contribution is 6.12. The van der Waals surface area contributed by atoms with Crippen molar-refractivity contribution in [2.45, 2.75) is 38.8 Å². The number of hydrogen-bond acceptors (Lipinski definition) is 3. The van der Waals surface area contributed by atoms with Crippen molar-refractivity contribution in [1.82, 2.24) is 4.57 Å². The summed E-state index contributed by atoms with van der Waals surface area (Å²) in [6, 6.07) is 24.4. The minimum absolute atomic E-state index is 0.0506. The number of hydrogen-bond donors (Lipinski definition) is 3. The van der Waals surface area contributed by atoms with Crippen molar-refractivity contribution < 1.29 is 24.2 Å². The molecule has 0 bridgehead atoms. The van der Waals surface area contributed by atoms with Crippen LogP contribution >= 0.6 is 0 Å². The predicted molar refractivity (Wildman–Crippen MR) is 142 cm³/mol. The molecule has 7 heteroatoms. The summed E-state index contributed by atoms with van der Waals surface area (Å²) in [7, 11) is 0. The van der Waals surface area contributed by atoms with Crippen LogP contribution in [0.15, 0.2) is 84.9 Å². The predicted octanol–water partition coefficient (Wildman–Crippen LogP) is 6.17. The van der Waals surface area contributed by atoms with Crippen LogP contribution in [0.5, 0.6) is 0 Å². The molecule has 0 radical (unpaired) electrons. The number of amides is 1. The SMILES string of the molecule is CC(C)c1c(C(=O)Nc2ccccc2)c(-c2ccccc2)c(-c2ccc(F)cc2)n1CC(O)CC(=O)O. The minimum atomic E-state index is -1.20. The summed E-state index contributed by atoms with van der Waals surface area (Å²) in [6.45, 7) is 3.83. The van der Waals surface area contributed by atoms with E-state index in [0.717, 1.165) is 5.56 Å². The van der Waals surface area contributed by atoms with E-state index >= 15 is 0 Å². The molecule has 1 aromatic heterocycles. The van der Waals surface area contributed by atoms with Crippen LogP contribution in [0, 0.1) is 5.82 Å². The van der Waals surface area contributed by atoms with Gasteiger partial charge in [0, 0.05) is 23.5 Å². The standard InChI is InChI=1S/C30H29FN2O4/c1-19(2)28-27(30(37)32-23-11-7-4-8-12-23)26(20-9-5-3-6-10-20)29(21-13-15-22(31)16-14-21)33(28)18-24(34)17-25(35)36/h3-16,19,24,34H,17-18H2,1-2H3,(H,32,37)(H,35,36). The second-order valence-corrected chi connectivity index (χ2v) is 9.19. The first-order chi connectivity index (χ1) is 17.8. The van der Waals surface area contributed by atoms with Gasteiger partial charge in [0.1, 0.15) is 5.82 Å². The number of para-hydroxylation sites is 1. The van der Waals surface area contributed by atoms with Gasteiger partial charge in [-0.05, 0) is 53.4 Å². The number of benzene rings is 3. The number of nitrogens with zero attached hydrogens (tertiary/aromatic N) is 1. The summed E-state index contributed by atoms with van der Waals surface area (Å²) < 4.78 is 15.7. The summed E-state index contributed by atoms with van der Waals surface area (Å²) in [5.74, 6) is -2.02. The third kappa shape index (κ3) is 5.78. The smallest absolute Gasteiger partial charge is 0.306 e. The van der Waals surface area contributed by atoms with Crippen LogP contribution in [0.25, 0.3) is 22.4 Å². The van der Waals surface area contributed by atoms with Crippen molar-refractivity contribution in [1.29, 1.82) is 0 Å². The maximum Gasteiger partial charge on any atom is 0.306 e. The van der Waals surface area contributed by atoms with E-state index in [2.05, 4.69) is 5.32 Å². The first-order valence-corrected chi connectivity index (χ1v) is 12.1. The van der Waals surface area contributed by atoms with Gasteiger partial charge in [0.05, 0.1) is 23.8 Å². The van der Waals surface area contributed by atoms with Gasteiger partial charge in [-0.2, -0.15) is 0 Å². The first kappa shape index (κ1) is 25.9. The maximum atomic E-state index is 13.9. The monoisotopic (exact) mass is 500 g/mol. The van der Waals surface area contributed by atoms with Gasteiger partial charge in [0.25, 0.3) is 5.91 Å². The van der Waals surface area contributed by atoms with E-state index < -0.39 is 24.3 Å². The largest absolute Gasteiger partial charge is 0.481 e. The van der Waals surface area contributed by atoms with E-state index in [4.69, 9.17) is 0 Å². The quantitative estimate of drug-likeness (QED) is 0.256. The molecule has 3 aromatic carbocycles. The lowest BCUT2D eigenvalue weighted by Crippen LogP contribution is -2.23. The molecule has 0 aliphatic heterocycles. The number of halogens is 1. The average molecular weight is 501 g/mol. The van der Waals surface area contributed by atoms with Crippen LogP contribution in [-0.4, -0.2) is 32.8 Å². The third-order valence-corrected chi connectivity index (χ3v) is 6.09. The lowest BCUT2D eigenvalue weighted by atomic mass is 9.94. The number of aliphatic hydroxyl groups is 1. The van der Waals surface area contributed by atoms with Gasteiger partial charge in [-0.3, -0.25) is 9.59 Å². The van der Waals surface area contributed by atoms with E-state index in [1.54, 1.807) is 24.3 Å². The summed E-state index contributed by atoms with van der Waals surface area (Å²) in [4.78, 5) is 25.2. The van der Waals surface area contributed by atoms with Crippen molar-refractivity contribution >= 4 is 17.6 Å². The number of anilines is 1. The van der Waals surface area contributed by atoms with E-state index in [0.29, 0.717) is 33.8 Å². The lowest BCUT2D eigenvalue weighted by molar-refractivity contribution is -0.139. The summed E-state index contributed by atoms with van der Waals surface area (Å²) in [6.07, 6.45) is -1.65. The highest BCUT2D eigenvalue weighted by Crippen LogP contribution is 2.42. The van der Waals surface area contributed by atoms with Gasteiger partial charge in [-0.25, -0.2) is 4.39 Å². The fourth-order valence-electron chi connectivity index (χ4n) is 4.64. The van der Waals surface area contributed by atoms with Gasteiger partial charge in [-0.1, -0.05) is 62.4 Å². The number of carbonyl (C=O) groups is 2. The molecular weight excluding hydrogens is 471 g/mol. The van der Waals surface area contributed by atoms with Crippen molar-refractivity contribution in [2.75, 3.05) is 5.32 Å². The molecule has 1 heterocycles. The van der Waals surface area contributed by atoms with Gasteiger partial charge in [-0.15, -0.1) is 0 Å². The van der Waals surface area contributed by atoms with Crippen LogP contribution in [0.1, 0.15) is 42.2 Å². The fraction of sp³-hybridized carbons (Fsp3) is 0.200. The topological polar surface area (TPSA) is 91.6 Å². The van der Waals surface area contributed by atoms with Gasteiger partial charge in [0.2, 0.25) is 0 Å². The Bertz CT molecular complexity index is 1380. The first-order valence-electron chi connectivity index (χ1n) is 12.1. The number of aliphatic hydroxyl groups excluding tert-OH is 1. The Balaban J connectivity index is 2.03. The Morgan fingerprint density at radius 2 is 1.49 bits per heavy atom. The normalized spacial score (nSPS) is 11.9. The lowest BCUT2D eigenvalue weighted by Gasteiger charge is -2.19. The van der Waals surface area contributed by atoms with Crippen molar-refractivity contribution in [2.24, 2.45) is 0 Å². The number of rotatable bonds is 9. The zero-order chi connectivity index (χ0) is 26.5. The molecule has 0 spiro atoms. The Hall–Kier alpha value is -4.23. The third-order valence-electron chi connectivity index (χ3n) is 6.09. The fourth-order valence-corrected chi connectivity index (χ4v) is 4.64. The molecule has 4 aromatic rings. The Kier molecular flexibility index (Phi) is 7.84. The van der Waals surface area contributed by atoms with Gasteiger partial charge < -0.3 is 20.1 Å². The maximum absolute atomic E-state index is 13.9. The Morgan fingerprint density at radius 3 is 2.05 bits per heavy atom. The molecule has 0 saturated carbocycles. The summed E-state index contributed by atoms with van der Waals surface area (Å²) in [5.41, 5.74) is 4.35. The average Bonchev–Trinajstić information content (AvgIpc) is 3.20. The molecule has 0 aliphatic carbocycles. The van der Waals surface area contributed by atoms with E-state index in [1.165, 1.54) is 12.1 Å². The molecule has 1 atom stereocenters. The number of carboxylic acids is 1. The van der Waals surface area contributed by atoms with Crippen LogP contribution in [0.3, 0.4) is 0 Å². The second kappa shape index (κ2) is 11.2. The molecule has 0 aliphatic rings. The minimum Gasteiger partial charge on any atom is -0.481 e. The Morgan fingerprint density at radius 1 is 0.892 bits per heavy atom. The number of aliphatic carboxylic acids is 1. The van der Waals surface area contributed by atoms with Crippen LogP contribution < -0.4 is 5.32 Å². The Labute approximate surface area is 215 Å². The van der Waals surface area contributed by atoms with Crippen molar-refractivity contribution in [3.63, 3.8) is 0 Å². The zero-order valence-electron chi connectivity index (χ0n) is 20.7. The number of aromatic nitrogens is 1. The van der Waals surface area contributed by atoms with E-state index in [-0.39, 0.29) is 18.4 Å². The van der Waals surface area contributed by atoms with Gasteiger partial charge >= 0.3 is 5.97 Å². The highest BCUT2D eigenvalue weighted by Gasteiger charge is 2.31. The van der Waals surface area contributed by atoms with Crippen molar-refractivity contribution in [3.8, 4) is 22.4 Å². The molecule has 1 amide bonds. The highest BCUT2D eigenvalue weighted by atomic mass is 19.1. The molecule has 37 heavy (non-hydrogen) atoms. The summed E-state index contributed by atoms with van der Waals surface area (Å²) >= 11 is 0. The van der Waals surface area contributed by atoms with Crippen LogP contribution in [0.4, 0.5) is 10.1 Å².